The van der Waals surface area contributed by atoms with E-state index in [0.29, 0.717) is 17.9 Å². The van der Waals surface area contributed by atoms with Crippen LogP contribution in [0.3, 0.4) is 0 Å². The number of urea groups is 1. The Balaban J connectivity index is 2.44. The second-order valence-electron chi connectivity index (χ2n) is 4.26. The molecular formula is C13H20N4O2. The molecule has 104 valence electrons. The lowest BCUT2D eigenvalue weighted by Gasteiger charge is -2.17. The van der Waals surface area contributed by atoms with Crippen molar-refractivity contribution in [1.29, 1.82) is 0 Å². The van der Waals surface area contributed by atoms with Gasteiger partial charge in [-0.25, -0.2) is 4.79 Å². The van der Waals surface area contributed by atoms with Crippen LogP contribution in [-0.2, 0) is 4.79 Å². The Bertz CT molecular complexity index is 431. The summed E-state index contributed by atoms with van der Waals surface area (Å²) < 4.78 is 0. The van der Waals surface area contributed by atoms with E-state index in [-0.39, 0.29) is 18.5 Å². The van der Waals surface area contributed by atoms with Gasteiger partial charge in [-0.05, 0) is 30.7 Å². The zero-order chi connectivity index (χ0) is 14.3. The molecule has 1 rings (SSSR count). The van der Waals surface area contributed by atoms with Crippen LogP contribution in [0.2, 0.25) is 0 Å². The predicted octanol–water partition coefficient (Wildman–Crippen LogP) is 1.26. The van der Waals surface area contributed by atoms with Gasteiger partial charge in [0.1, 0.15) is 6.54 Å². The van der Waals surface area contributed by atoms with E-state index in [4.69, 9.17) is 5.73 Å². The van der Waals surface area contributed by atoms with Crippen LogP contribution in [0.15, 0.2) is 24.3 Å². The molecule has 0 aromatic heterocycles. The molecule has 0 saturated carbocycles. The van der Waals surface area contributed by atoms with Gasteiger partial charge < -0.3 is 21.3 Å². The predicted molar refractivity (Wildman–Crippen MR) is 75.8 cm³/mol. The number of amides is 3. The first-order valence-electron chi connectivity index (χ1n) is 6.17. The number of nitrogen functional groups attached to an aromatic ring is 1. The van der Waals surface area contributed by atoms with Gasteiger partial charge in [-0.2, -0.15) is 0 Å². The lowest BCUT2D eigenvalue weighted by atomic mass is 10.3. The summed E-state index contributed by atoms with van der Waals surface area (Å²) in [5.74, 6) is -0.170. The molecule has 6 nitrogen and oxygen atoms in total. The molecule has 3 amide bonds. The van der Waals surface area contributed by atoms with Crippen molar-refractivity contribution in [3.05, 3.63) is 24.3 Å². The van der Waals surface area contributed by atoms with Crippen molar-refractivity contribution < 1.29 is 9.59 Å². The summed E-state index contributed by atoms with van der Waals surface area (Å²) in [4.78, 5) is 24.6. The first-order valence-corrected chi connectivity index (χ1v) is 6.17. The Morgan fingerprint density at radius 2 is 1.89 bits per heavy atom. The second-order valence-corrected chi connectivity index (χ2v) is 4.26. The topological polar surface area (TPSA) is 87.5 Å². The molecule has 0 fully saturated rings. The number of anilines is 2. The molecule has 1 aromatic carbocycles. The van der Waals surface area contributed by atoms with E-state index < -0.39 is 0 Å². The monoisotopic (exact) mass is 264 g/mol. The minimum atomic E-state index is -0.337. The third-order valence-electron chi connectivity index (χ3n) is 2.46. The Kier molecular flexibility index (Phi) is 5.66. The van der Waals surface area contributed by atoms with Gasteiger partial charge in [-0.3, -0.25) is 4.79 Å². The maximum Gasteiger partial charge on any atom is 0.322 e. The zero-order valence-corrected chi connectivity index (χ0v) is 11.3. The van der Waals surface area contributed by atoms with Crippen LogP contribution in [-0.4, -0.2) is 37.0 Å². The summed E-state index contributed by atoms with van der Waals surface area (Å²) in [5.41, 5.74) is 6.82. The minimum Gasteiger partial charge on any atom is -0.399 e. The third-order valence-corrected chi connectivity index (χ3v) is 2.46. The zero-order valence-electron chi connectivity index (χ0n) is 11.3. The van der Waals surface area contributed by atoms with Gasteiger partial charge in [0.2, 0.25) is 5.91 Å². The highest BCUT2D eigenvalue weighted by Crippen LogP contribution is 2.10. The van der Waals surface area contributed by atoms with Crippen LogP contribution in [0.4, 0.5) is 16.2 Å². The van der Waals surface area contributed by atoms with Crippen molar-refractivity contribution in [3.63, 3.8) is 0 Å². The summed E-state index contributed by atoms with van der Waals surface area (Å²) >= 11 is 0. The molecule has 0 saturated heterocycles. The number of likely N-dealkylation sites (N-methyl/N-ethyl adjacent to an activating group) is 1. The van der Waals surface area contributed by atoms with Crippen LogP contribution < -0.4 is 16.4 Å². The van der Waals surface area contributed by atoms with Crippen molar-refractivity contribution >= 4 is 23.3 Å². The van der Waals surface area contributed by atoms with E-state index in [9.17, 15) is 9.59 Å². The number of rotatable bonds is 5. The first-order chi connectivity index (χ1) is 9.02. The number of nitrogens with zero attached hydrogens (tertiary/aromatic N) is 1. The maximum atomic E-state index is 11.8. The Labute approximate surface area is 113 Å². The van der Waals surface area contributed by atoms with Gasteiger partial charge in [0.05, 0.1) is 0 Å². The van der Waals surface area contributed by atoms with Crippen molar-refractivity contribution in [2.75, 3.05) is 31.2 Å². The number of carbonyl (C=O) groups is 2. The Morgan fingerprint density at radius 3 is 2.47 bits per heavy atom. The number of hydrogen-bond acceptors (Lipinski definition) is 3. The highest BCUT2D eigenvalue weighted by Gasteiger charge is 2.12. The largest absolute Gasteiger partial charge is 0.399 e. The van der Waals surface area contributed by atoms with Crippen LogP contribution in [0.1, 0.15) is 13.3 Å². The smallest absolute Gasteiger partial charge is 0.322 e. The standard InChI is InChI=1S/C13H20N4O2/c1-3-8-15-12(18)9-17(2)13(19)16-11-6-4-10(14)5-7-11/h4-7H,3,8-9,14H2,1-2H3,(H,15,18)(H,16,19). The summed E-state index contributed by atoms with van der Waals surface area (Å²) in [6.45, 7) is 2.62. The van der Waals surface area contributed by atoms with Crippen LogP contribution in [0.25, 0.3) is 0 Å². The van der Waals surface area contributed by atoms with Gasteiger partial charge >= 0.3 is 6.03 Å². The molecule has 0 radical (unpaired) electrons. The number of carbonyl (C=O) groups excluding carboxylic acids is 2. The number of nitrogens with one attached hydrogen (secondary N) is 2. The van der Waals surface area contributed by atoms with Crippen molar-refractivity contribution in [1.82, 2.24) is 10.2 Å². The normalized spacial score (nSPS) is 9.79. The molecule has 0 bridgehead atoms. The highest BCUT2D eigenvalue weighted by molar-refractivity contribution is 5.92. The second kappa shape index (κ2) is 7.25. The van der Waals surface area contributed by atoms with E-state index in [2.05, 4.69) is 10.6 Å². The first kappa shape index (κ1) is 14.8. The van der Waals surface area contributed by atoms with E-state index in [0.717, 1.165) is 6.42 Å². The summed E-state index contributed by atoms with van der Waals surface area (Å²) in [6, 6.07) is 6.47. The molecule has 0 unspecified atom stereocenters. The molecule has 0 aliphatic rings. The SMILES string of the molecule is CCCNC(=O)CN(C)C(=O)Nc1ccc(N)cc1. The van der Waals surface area contributed by atoms with E-state index in [1.165, 1.54) is 4.90 Å². The Hall–Kier alpha value is -2.24. The van der Waals surface area contributed by atoms with Gasteiger partial charge in [-0.1, -0.05) is 6.92 Å². The Morgan fingerprint density at radius 1 is 1.26 bits per heavy atom. The molecule has 0 spiro atoms. The molecule has 6 heteroatoms. The lowest BCUT2D eigenvalue weighted by Crippen LogP contribution is -2.40. The summed E-state index contributed by atoms with van der Waals surface area (Å²) in [5, 5.41) is 5.39. The van der Waals surface area contributed by atoms with Crippen molar-refractivity contribution in [2.24, 2.45) is 0 Å². The fraction of sp³-hybridized carbons (Fsp3) is 0.385. The average Bonchev–Trinajstić information content (AvgIpc) is 2.39. The summed E-state index contributed by atoms with van der Waals surface area (Å²) in [7, 11) is 1.57. The van der Waals surface area contributed by atoms with Crippen molar-refractivity contribution in [2.45, 2.75) is 13.3 Å². The lowest BCUT2D eigenvalue weighted by molar-refractivity contribution is -0.121. The van der Waals surface area contributed by atoms with E-state index in [1.807, 2.05) is 6.92 Å². The minimum absolute atomic E-state index is 0.0286. The van der Waals surface area contributed by atoms with Gasteiger partial charge in [0.15, 0.2) is 0 Å². The molecule has 0 atom stereocenters. The molecule has 1 aromatic rings. The molecule has 4 N–H and O–H groups in total. The molecule has 0 heterocycles. The molecule has 0 aliphatic carbocycles. The van der Waals surface area contributed by atoms with Gasteiger partial charge in [-0.15, -0.1) is 0 Å². The number of benzene rings is 1. The van der Waals surface area contributed by atoms with E-state index >= 15 is 0 Å². The average molecular weight is 264 g/mol. The third kappa shape index (κ3) is 5.29. The number of nitrogens with two attached hydrogens (primary N) is 1. The highest BCUT2D eigenvalue weighted by atomic mass is 16.2. The van der Waals surface area contributed by atoms with Crippen LogP contribution in [0, 0.1) is 0 Å². The van der Waals surface area contributed by atoms with Crippen LogP contribution in [0.5, 0.6) is 0 Å². The van der Waals surface area contributed by atoms with Gasteiger partial charge in [0, 0.05) is 25.0 Å². The van der Waals surface area contributed by atoms with Crippen LogP contribution >= 0.6 is 0 Å². The fourth-order valence-electron chi connectivity index (χ4n) is 1.39. The molecule has 19 heavy (non-hydrogen) atoms. The molecule has 0 aliphatic heterocycles. The van der Waals surface area contributed by atoms with E-state index in [1.54, 1.807) is 31.3 Å². The van der Waals surface area contributed by atoms with Crippen molar-refractivity contribution in [3.8, 4) is 0 Å². The fourth-order valence-corrected chi connectivity index (χ4v) is 1.39. The maximum absolute atomic E-state index is 11.8. The summed E-state index contributed by atoms with van der Waals surface area (Å²) in [6.07, 6.45) is 0.868. The molecular weight excluding hydrogens is 244 g/mol. The number of hydrogen-bond donors (Lipinski definition) is 3. The quantitative estimate of drug-likeness (QED) is 0.700. The van der Waals surface area contributed by atoms with Gasteiger partial charge in [0.25, 0.3) is 0 Å².